The van der Waals surface area contributed by atoms with E-state index in [0.29, 0.717) is 11.0 Å². The molecular formula is C9H8BrNOS. The highest BCUT2D eigenvalue weighted by Gasteiger charge is 2.09. The van der Waals surface area contributed by atoms with Crippen LogP contribution in [0.15, 0.2) is 17.5 Å². The highest BCUT2D eigenvalue weighted by Crippen LogP contribution is 2.36. The fraction of sp³-hybridized carbons (Fsp3) is 0.111. The molecule has 0 aliphatic rings. The summed E-state index contributed by atoms with van der Waals surface area (Å²) in [6, 6.07) is 3.73. The Morgan fingerprint density at radius 1 is 1.54 bits per heavy atom. The zero-order valence-electron chi connectivity index (χ0n) is 6.75. The molecule has 0 saturated heterocycles. The van der Waals surface area contributed by atoms with E-state index < -0.39 is 0 Å². The van der Waals surface area contributed by atoms with Gasteiger partial charge in [0.05, 0.1) is 5.69 Å². The lowest BCUT2D eigenvalue weighted by atomic mass is 10.1. The monoisotopic (exact) mass is 257 g/mol. The Hall–Kier alpha value is -0.740. The smallest absolute Gasteiger partial charge is 0.140 e. The number of halogens is 1. The standard InChI is InChI=1S/C9H8BrNOS/c10-4-6-5-1-2-13-8(5)3-7(12)9(6)11/h1-3,12H,4,11H2. The van der Waals surface area contributed by atoms with Crippen LogP contribution in [0.2, 0.25) is 0 Å². The summed E-state index contributed by atoms with van der Waals surface area (Å²) in [6.07, 6.45) is 0. The predicted molar refractivity (Wildman–Crippen MR) is 60.5 cm³/mol. The van der Waals surface area contributed by atoms with Crippen molar-refractivity contribution in [3.63, 3.8) is 0 Å². The van der Waals surface area contributed by atoms with Crippen molar-refractivity contribution >= 4 is 43.0 Å². The molecule has 1 heterocycles. The normalized spacial score (nSPS) is 10.8. The highest BCUT2D eigenvalue weighted by molar-refractivity contribution is 9.08. The Balaban J connectivity index is 2.87. The fourth-order valence-corrected chi connectivity index (χ4v) is 2.78. The van der Waals surface area contributed by atoms with E-state index in [0.717, 1.165) is 15.6 Å². The van der Waals surface area contributed by atoms with Gasteiger partial charge in [0.1, 0.15) is 5.75 Å². The minimum absolute atomic E-state index is 0.171. The molecular weight excluding hydrogens is 250 g/mol. The summed E-state index contributed by atoms with van der Waals surface area (Å²) in [5.41, 5.74) is 7.19. The average Bonchev–Trinajstić information content (AvgIpc) is 2.54. The molecule has 0 aliphatic heterocycles. The summed E-state index contributed by atoms with van der Waals surface area (Å²) >= 11 is 4.97. The Kier molecular flexibility index (Phi) is 2.17. The molecule has 0 unspecified atom stereocenters. The van der Waals surface area contributed by atoms with E-state index in [-0.39, 0.29) is 5.75 Å². The van der Waals surface area contributed by atoms with Crippen LogP contribution in [0.25, 0.3) is 10.1 Å². The molecule has 0 spiro atoms. The molecule has 0 aliphatic carbocycles. The second kappa shape index (κ2) is 3.20. The molecule has 0 amide bonds. The van der Waals surface area contributed by atoms with Gasteiger partial charge in [0.2, 0.25) is 0 Å². The van der Waals surface area contributed by atoms with Crippen LogP contribution in [0, 0.1) is 0 Å². The Morgan fingerprint density at radius 2 is 2.31 bits per heavy atom. The van der Waals surface area contributed by atoms with Gasteiger partial charge in [-0.15, -0.1) is 11.3 Å². The first-order chi connectivity index (χ1) is 6.24. The van der Waals surface area contributed by atoms with Crippen LogP contribution in [0.4, 0.5) is 5.69 Å². The molecule has 0 saturated carbocycles. The molecule has 1 aromatic carbocycles. The number of benzene rings is 1. The number of nitrogen functional groups attached to an aromatic ring is 1. The van der Waals surface area contributed by atoms with E-state index in [1.54, 1.807) is 17.4 Å². The zero-order valence-corrected chi connectivity index (χ0v) is 9.15. The van der Waals surface area contributed by atoms with Gasteiger partial charge < -0.3 is 10.8 Å². The number of anilines is 1. The SMILES string of the molecule is Nc1c(O)cc2sccc2c1CBr. The molecule has 0 bridgehead atoms. The Bertz CT molecular complexity index is 452. The van der Waals surface area contributed by atoms with E-state index >= 15 is 0 Å². The van der Waals surface area contributed by atoms with Crippen LogP contribution in [0.1, 0.15) is 5.56 Å². The molecule has 2 aromatic rings. The zero-order chi connectivity index (χ0) is 9.42. The van der Waals surface area contributed by atoms with Gasteiger partial charge in [0.15, 0.2) is 0 Å². The third-order valence-corrected chi connectivity index (χ3v) is 3.45. The second-order valence-corrected chi connectivity index (χ2v) is 4.26. The van der Waals surface area contributed by atoms with Crippen LogP contribution in [-0.2, 0) is 5.33 Å². The molecule has 2 nitrogen and oxygen atoms in total. The first-order valence-electron chi connectivity index (χ1n) is 3.77. The lowest BCUT2D eigenvalue weighted by Gasteiger charge is -2.05. The molecule has 0 fully saturated rings. The summed E-state index contributed by atoms with van der Waals surface area (Å²) in [5.74, 6) is 0.171. The number of hydrogen-bond donors (Lipinski definition) is 2. The summed E-state index contributed by atoms with van der Waals surface area (Å²) in [4.78, 5) is 0. The number of hydrogen-bond acceptors (Lipinski definition) is 3. The van der Waals surface area contributed by atoms with Crippen molar-refractivity contribution in [1.82, 2.24) is 0 Å². The van der Waals surface area contributed by atoms with Crippen molar-refractivity contribution in [1.29, 1.82) is 0 Å². The molecule has 0 atom stereocenters. The number of aromatic hydroxyl groups is 1. The van der Waals surface area contributed by atoms with Gasteiger partial charge in [-0.2, -0.15) is 0 Å². The van der Waals surface area contributed by atoms with Gasteiger partial charge in [-0.3, -0.25) is 0 Å². The van der Waals surface area contributed by atoms with Crippen molar-refractivity contribution in [3.8, 4) is 5.75 Å². The molecule has 68 valence electrons. The summed E-state index contributed by atoms with van der Waals surface area (Å²) in [7, 11) is 0. The van der Waals surface area contributed by atoms with Gasteiger partial charge in [-0.05, 0) is 28.5 Å². The number of nitrogens with two attached hydrogens (primary N) is 1. The molecule has 3 N–H and O–H groups in total. The maximum Gasteiger partial charge on any atom is 0.140 e. The molecule has 2 rings (SSSR count). The van der Waals surface area contributed by atoms with Crippen LogP contribution >= 0.6 is 27.3 Å². The van der Waals surface area contributed by atoms with Gasteiger partial charge in [-0.25, -0.2) is 0 Å². The maximum absolute atomic E-state index is 9.51. The van der Waals surface area contributed by atoms with Gasteiger partial charge >= 0.3 is 0 Å². The minimum atomic E-state index is 0.171. The minimum Gasteiger partial charge on any atom is -0.506 e. The van der Waals surface area contributed by atoms with Crippen molar-refractivity contribution in [2.75, 3.05) is 5.73 Å². The summed E-state index contributed by atoms with van der Waals surface area (Å²) in [5, 5.41) is 13.3. The number of rotatable bonds is 1. The molecule has 13 heavy (non-hydrogen) atoms. The quantitative estimate of drug-likeness (QED) is 0.469. The third kappa shape index (κ3) is 1.30. The Labute approximate surface area is 88.1 Å². The number of fused-ring (bicyclic) bond motifs is 1. The molecule has 4 heteroatoms. The lowest BCUT2D eigenvalue weighted by molar-refractivity contribution is 0.478. The van der Waals surface area contributed by atoms with Crippen molar-refractivity contribution in [2.24, 2.45) is 0 Å². The van der Waals surface area contributed by atoms with E-state index in [1.165, 1.54) is 0 Å². The first kappa shape index (κ1) is 8.84. The lowest BCUT2D eigenvalue weighted by Crippen LogP contribution is -1.92. The molecule has 1 aromatic heterocycles. The van der Waals surface area contributed by atoms with Crippen LogP contribution < -0.4 is 5.73 Å². The van der Waals surface area contributed by atoms with Crippen LogP contribution in [0.3, 0.4) is 0 Å². The second-order valence-electron chi connectivity index (χ2n) is 2.75. The number of thiophene rings is 1. The summed E-state index contributed by atoms with van der Waals surface area (Å²) < 4.78 is 1.07. The van der Waals surface area contributed by atoms with Gasteiger partial charge in [-0.1, -0.05) is 15.9 Å². The van der Waals surface area contributed by atoms with Gasteiger partial charge in [0, 0.05) is 10.0 Å². The topological polar surface area (TPSA) is 46.2 Å². The van der Waals surface area contributed by atoms with E-state index in [1.807, 2.05) is 11.4 Å². The van der Waals surface area contributed by atoms with Crippen LogP contribution in [-0.4, -0.2) is 5.11 Å². The number of phenols is 1. The van der Waals surface area contributed by atoms with Crippen molar-refractivity contribution in [2.45, 2.75) is 5.33 Å². The van der Waals surface area contributed by atoms with Gasteiger partial charge in [0.25, 0.3) is 0 Å². The largest absolute Gasteiger partial charge is 0.506 e. The maximum atomic E-state index is 9.51. The Morgan fingerprint density at radius 3 is 3.00 bits per heavy atom. The van der Waals surface area contributed by atoms with Crippen molar-refractivity contribution in [3.05, 3.63) is 23.1 Å². The number of alkyl halides is 1. The summed E-state index contributed by atoms with van der Waals surface area (Å²) in [6.45, 7) is 0. The van der Waals surface area contributed by atoms with E-state index in [9.17, 15) is 5.11 Å². The average molecular weight is 258 g/mol. The predicted octanol–water partition coefficient (Wildman–Crippen LogP) is 3.08. The third-order valence-electron chi connectivity index (χ3n) is 2.02. The van der Waals surface area contributed by atoms with Crippen molar-refractivity contribution < 1.29 is 5.11 Å². The number of phenolic OH excluding ortho intramolecular Hbond substituents is 1. The van der Waals surface area contributed by atoms with Crippen LogP contribution in [0.5, 0.6) is 5.75 Å². The fourth-order valence-electron chi connectivity index (χ4n) is 1.33. The van der Waals surface area contributed by atoms with E-state index in [2.05, 4.69) is 15.9 Å². The van der Waals surface area contributed by atoms with E-state index in [4.69, 9.17) is 5.73 Å². The first-order valence-corrected chi connectivity index (χ1v) is 5.77. The highest BCUT2D eigenvalue weighted by atomic mass is 79.9. The molecule has 0 radical (unpaired) electrons.